The van der Waals surface area contributed by atoms with Crippen LogP contribution in [0, 0.1) is 0 Å². The first kappa shape index (κ1) is 15.5. The maximum atomic E-state index is 6.21. The topological polar surface area (TPSA) is 34.1 Å². The second-order valence-electron chi connectivity index (χ2n) is 8.03. The Balaban J connectivity index is 1.99. The van der Waals surface area contributed by atoms with Crippen LogP contribution in [-0.2, 0) is 9.57 Å². The van der Waals surface area contributed by atoms with E-state index in [9.17, 15) is 0 Å². The summed E-state index contributed by atoms with van der Waals surface area (Å²) in [6, 6.07) is 10.6. The highest BCUT2D eigenvalue weighted by Gasteiger charge is 2.61. The number of hydroxylamine groups is 2. The van der Waals surface area contributed by atoms with Gasteiger partial charge < -0.3 is 4.74 Å². The molecule has 1 aromatic rings. The molecular weight excluding hydrogens is 276 g/mol. The predicted molar refractivity (Wildman–Crippen MR) is 87.7 cm³/mol. The third-order valence-corrected chi connectivity index (χ3v) is 4.21. The van der Waals surface area contributed by atoms with Gasteiger partial charge in [-0.05, 0) is 47.1 Å². The number of ether oxygens (including phenoxy) is 1. The zero-order chi connectivity index (χ0) is 16.2. The Morgan fingerprint density at radius 1 is 1.14 bits per heavy atom. The first-order valence-corrected chi connectivity index (χ1v) is 7.90. The zero-order valence-corrected chi connectivity index (χ0v) is 14.4. The molecule has 2 heterocycles. The lowest BCUT2D eigenvalue weighted by Gasteiger charge is -2.58. The summed E-state index contributed by atoms with van der Waals surface area (Å²) >= 11 is 0. The zero-order valence-electron chi connectivity index (χ0n) is 14.4. The average molecular weight is 302 g/mol. The minimum absolute atomic E-state index is 0.0886. The molecule has 22 heavy (non-hydrogen) atoms. The minimum atomic E-state index is -0.539. The van der Waals surface area contributed by atoms with E-state index in [0.29, 0.717) is 12.5 Å². The molecule has 0 saturated carbocycles. The summed E-state index contributed by atoms with van der Waals surface area (Å²) in [5, 5.41) is 2.06. The second kappa shape index (κ2) is 4.80. The van der Waals surface area contributed by atoms with Crippen LogP contribution in [0.5, 0.6) is 0 Å². The molecule has 120 valence electrons. The normalized spacial score (nSPS) is 31.4. The molecule has 0 amide bonds. The lowest BCUT2D eigenvalue weighted by molar-refractivity contribution is -0.399. The van der Waals surface area contributed by atoms with Gasteiger partial charge in [0.15, 0.2) is 5.60 Å². The highest BCUT2D eigenvalue weighted by Crippen LogP contribution is 2.50. The van der Waals surface area contributed by atoms with Gasteiger partial charge in [0.05, 0.1) is 5.54 Å². The highest BCUT2D eigenvalue weighted by molar-refractivity contribution is 5.88. The summed E-state index contributed by atoms with van der Waals surface area (Å²) in [4.78, 5) is 11.0. The molecule has 1 fully saturated rings. The lowest BCUT2D eigenvalue weighted by atomic mass is 9.84. The van der Waals surface area contributed by atoms with E-state index < -0.39 is 5.60 Å². The van der Waals surface area contributed by atoms with E-state index in [4.69, 9.17) is 14.6 Å². The van der Waals surface area contributed by atoms with E-state index in [1.165, 1.54) is 5.56 Å². The summed E-state index contributed by atoms with van der Waals surface area (Å²) in [5.74, 6) is 0.715. The molecule has 0 spiro atoms. The van der Waals surface area contributed by atoms with Crippen molar-refractivity contribution < 1.29 is 9.57 Å². The third-order valence-electron chi connectivity index (χ3n) is 4.21. The van der Waals surface area contributed by atoms with Crippen molar-refractivity contribution >= 4 is 5.90 Å². The summed E-state index contributed by atoms with van der Waals surface area (Å²) in [6.45, 7) is 13.3. The molecule has 0 aliphatic carbocycles. The summed E-state index contributed by atoms with van der Waals surface area (Å²) in [7, 11) is 0. The number of benzene rings is 1. The average Bonchev–Trinajstić information content (AvgIpc) is 2.76. The van der Waals surface area contributed by atoms with Crippen molar-refractivity contribution in [1.29, 1.82) is 0 Å². The van der Waals surface area contributed by atoms with Crippen LogP contribution >= 0.6 is 0 Å². The molecule has 4 heteroatoms. The SMILES string of the molecule is CC1(C)COC([C@@]2(C)ON(C(C)(C)C)[C@H]2c2ccccc2)=N1. The molecule has 2 aliphatic heterocycles. The van der Waals surface area contributed by atoms with Crippen LogP contribution in [0.25, 0.3) is 0 Å². The van der Waals surface area contributed by atoms with Gasteiger partial charge in [-0.2, -0.15) is 5.06 Å². The van der Waals surface area contributed by atoms with Gasteiger partial charge in [-0.3, -0.25) is 4.84 Å². The van der Waals surface area contributed by atoms with Crippen LogP contribution in [-0.4, -0.2) is 34.2 Å². The maximum absolute atomic E-state index is 6.21. The fourth-order valence-electron chi connectivity index (χ4n) is 3.09. The van der Waals surface area contributed by atoms with Crippen LogP contribution in [0.1, 0.15) is 53.1 Å². The Hall–Kier alpha value is -1.39. The van der Waals surface area contributed by atoms with E-state index in [0.717, 1.165) is 0 Å². The molecule has 0 radical (unpaired) electrons. The largest absolute Gasteiger partial charge is 0.476 e. The van der Waals surface area contributed by atoms with Crippen molar-refractivity contribution in [2.24, 2.45) is 4.99 Å². The first-order valence-electron chi connectivity index (χ1n) is 7.90. The maximum Gasteiger partial charge on any atom is 0.221 e. The predicted octanol–water partition coefficient (Wildman–Crippen LogP) is 3.74. The van der Waals surface area contributed by atoms with Crippen LogP contribution in [0.3, 0.4) is 0 Å². The number of rotatable bonds is 2. The van der Waals surface area contributed by atoms with Gasteiger partial charge >= 0.3 is 0 Å². The molecule has 3 rings (SSSR count). The third kappa shape index (κ3) is 2.44. The Morgan fingerprint density at radius 2 is 1.77 bits per heavy atom. The Kier molecular flexibility index (Phi) is 3.38. The van der Waals surface area contributed by atoms with E-state index in [1.807, 2.05) is 6.07 Å². The summed E-state index contributed by atoms with van der Waals surface area (Å²) < 4.78 is 5.89. The van der Waals surface area contributed by atoms with Crippen molar-refractivity contribution in [3.8, 4) is 0 Å². The number of aliphatic imine (C=N–C) groups is 1. The van der Waals surface area contributed by atoms with Crippen molar-refractivity contribution in [1.82, 2.24) is 5.06 Å². The van der Waals surface area contributed by atoms with Crippen molar-refractivity contribution in [3.05, 3.63) is 35.9 Å². The van der Waals surface area contributed by atoms with Gasteiger partial charge in [0.1, 0.15) is 12.6 Å². The van der Waals surface area contributed by atoms with Gasteiger partial charge in [0.2, 0.25) is 5.90 Å². The van der Waals surface area contributed by atoms with Crippen molar-refractivity contribution in [3.63, 3.8) is 0 Å². The monoisotopic (exact) mass is 302 g/mol. The Morgan fingerprint density at radius 3 is 2.27 bits per heavy atom. The van der Waals surface area contributed by atoms with E-state index in [1.54, 1.807) is 0 Å². The van der Waals surface area contributed by atoms with E-state index >= 15 is 0 Å². The molecule has 0 bridgehead atoms. The van der Waals surface area contributed by atoms with Gasteiger partial charge in [-0.15, -0.1) is 0 Å². The highest BCUT2D eigenvalue weighted by atomic mass is 16.8. The van der Waals surface area contributed by atoms with Gasteiger partial charge in [-0.25, -0.2) is 4.99 Å². The number of nitrogens with zero attached hydrogens (tertiary/aromatic N) is 2. The van der Waals surface area contributed by atoms with Gasteiger partial charge in [0.25, 0.3) is 0 Å². The molecule has 1 aromatic carbocycles. The van der Waals surface area contributed by atoms with E-state index in [-0.39, 0.29) is 17.1 Å². The second-order valence-corrected chi connectivity index (χ2v) is 8.03. The molecule has 0 aromatic heterocycles. The van der Waals surface area contributed by atoms with Crippen LogP contribution in [0.4, 0.5) is 0 Å². The molecule has 2 aliphatic rings. The standard InChI is InChI=1S/C18H26N2O2/c1-16(2,3)20-14(13-10-8-7-9-11-13)18(6,22-20)15-19-17(4,5)12-21-15/h7-11,14H,12H2,1-6H3/t14-,18-/m0/s1. The smallest absolute Gasteiger partial charge is 0.221 e. The fraction of sp³-hybridized carbons (Fsp3) is 0.611. The minimum Gasteiger partial charge on any atom is -0.476 e. The van der Waals surface area contributed by atoms with E-state index in [2.05, 4.69) is 70.9 Å². The molecule has 0 N–H and O–H groups in total. The molecular formula is C18H26N2O2. The number of hydrogen-bond acceptors (Lipinski definition) is 4. The van der Waals surface area contributed by atoms with Crippen LogP contribution < -0.4 is 0 Å². The molecule has 4 nitrogen and oxygen atoms in total. The summed E-state index contributed by atoms with van der Waals surface area (Å²) in [5.41, 5.74) is 0.421. The van der Waals surface area contributed by atoms with Crippen LogP contribution in [0.15, 0.2) is 35.3 Å². The van der Waals surface area contributed by atoms with Gasteiger partial charge in [-0.1, -0.05) is 30.3 Å². The Labute approximate surface area is 133 Å². The van der Waals surface area contributed by atoms with Crippen LogP contribution in [0.2, 0.25) is 0 Å². The molecule has 1 saturated heterocycles. The quantitative estimate of drug-likeness (QED) is 0.834. The van der Waals surface area contributed by atoms with Crippen molar-refractivity contribution in [2.45, 2.75) is 64.3 Å². The number of hydrogen-bond donors (Lipinski definition) is 0. The Bertz CT molecular complexity index is 589. The van der Waals surface area contributed by atoms with Gasteiger partial charge in [0, 0.05) is 5.54 Å². The lowest BCUT2D eigenvalue weighted by Crippen LogP contribution is -2.68. The molecule has 2 atom stereocenters. The summed E-state index contributed by atoms with van der Waals surface area (Å²) in [6.07, 6.45) is 0. The van der Waals surface area contributed by atoms with Crippen molar-refractivity contribution in [2.75, 3.05) is 6.61 Å². The first-order chi connectivity index (χ1) is 10.1. The fourth-order valence-corrected chi connectivity index (χ4v) is 3.09. The molecule has 0 unspecified atom stereocenters.